The lowest BCUT2D eigenvalue weighted by atomic mass is 10.0. The van der Waals surface area contributed by atoms with Crippen molar-refractivity contribution in [1.82, 2.24) is 0 Å². The molecule has 0 amide bonds. The van der Waals surface area contributed by atoms with E-state index in [-0.39, 0.29) is 0 Å². The normalized spacial score (nSPS) is 11.2. The molecule has 0 fully saturated rings. The van der Waals surface area contributed by atoms with E-state index < -0.39 is 0 Å². The molecule has 1 heteroatoms. The molecule has 0 spiro atoms. The molecule has 0 unspecified atom stereocenters. The summed E-state index contributed by atoms with van der Waals surface area (Å²) in [5, 5.41) is 3.29. The second kappa shape index (κ2) is 2.91. The SMILES string of the molecule is CC(C)c1cccc2[c]csc12. The van der Waals surface area contributed by atoms with Crippen LogP contribution < -0.4 is 0 Å². The standard InChI is InChI=1S/C11H11S/c1-8(2)10-5-3-4-9-6-7-12-11(9)10/h3-5,7-8H,1-2H3. The highest BCUT2D eigenvalue weighted by Crippen LogP contribution is 2.28. The van der Waals surface area contributed by atoms with Gasteiger partial charge in [-0.25, -0.2) is 0 Å². The number of rotatable bonds is 1. The van der Waals surface area contributed by atoms with Crippen LogP contribution in [0.3, 0.4) is 0 Å². The third-order valence-electron chi connectivity index (χ3n) is 2.06. The van der Waals surface area contributed by atoms with Gasteiger partial charge in [-0.2, -0.15) is 0 Å². The Morgan fingerprint density at radius 3 is 2.92 bits per heavy atom. The first-order valence-corrected chi connectivity index (χ1v) is 5.05. The van der Waals surface area contributed by atoms with Crippen molar-refractivity contribution in [2.24, 2.45) is 0 Å². The average molecular weight is 175 g/mol. The van der Waals surface area contributed by atoms with Crippen molar-refractivity contribution >= 4 is 21.4 Å². The van der Waals surface area contributed by atoms with E-state index in [2.05, 4.69) is 38.1 Å². The van der Waals surface area contributed by atoms with Crippen LogP contribution in [0.4, 0.5) is 0 Å². The Kier molecular flexibility index (Phi) is 1.89. The van der Waals surface area contributed by atoms with Crippen LogP contribution >= 0.6 is 11.3 Å². The molecule has 2 aromatic rings. The Morgan fingerprint density at radius 1 is 1.33 bits per heavy atom. The molecule has 61 valence electrons. The first-order valence-electron chi connectivity index (χ1n) is 4.17. The average Bonchev–Trinajstić information content (AvgIpc) is 2.49. The van der Waals surface area contributed by atoms with Gasteiger partial charge in [-0.3, -0.25) is 0 Å². The van der Waals surface area contributed by atoms with Crippen molar-refractivity contribution < 1.29 is 0 Å². The monoisotopic (exact) mass is 175 g/mol. The Hall–Kier alpha value is -0.820. The number of fused-ring (bicyclic) bond motifs is 1. The van der Waals surface area contributed by atoms with Gasteiger partial charge in [0.2, 0.25) is 0 Å². The zero-order valence-corrected chi connectivity index (χ0v) is 8.11. The van der Waals surface area contributed by atoms with E-state index in [4.69, 9.17) is 0 Å². The quantitative estimate of drug-likeness (QED) is 0.618. The molecular weight excluding hydrogens is 164 g/mol. The molecule has 0 nitrogen and oxygen atoms in total. The van der Waals surface area contributed by atoms with Gasteiger partial charge in [0.15, 0.2) is 0 Å². The molecule has 12 heavy (non-hydrogen) atoms. The molecule has 1 heterocycles. The summed E-state index contributed by atoms with van der Waals surface area (Å²) in [7, 11) is 0. The van der Waals surface area contributed by atoms with Crippen molar-refractivity contribution in [2.45, 2.75) is 19.8 Å². The van der Waals surface area contributed by atoms with Crippen LogP contribution in [0.2, 0.25) is 0 Å². The van der Waals surface area contributed by atoms with Crippen molar-refractivity contribution in [3.8, 4) is 0 Å². The summed E-state index contributed by atoms with van der Waals surface area (Å²) in [4.78, 5) is 0. The predicted octanol–water partition coefficient (Wildman–Crippen LogP) is 3.82. The highest BCUT2D eigenvalue weighted by molar-refractivity contribution is 7.17. The molecular formula is C11H11S. The van der Waals surface area contributed by atoms with E-state index in [0.717, 1.165) is 0 Å². The molecule has 2 rings (SSSR count). The van der Waals surface area contributed by atoms with Crippen LogP contribution in [-0.2, 0) is 0 Å². The number of benzene rings is 1. The van der Waals surface area contributed by atoms with Gasteiger partial charge in [0.25, 0.3) is 0 Å². The summed E-state index contributed by atoms with van der Waals surface area (Å²) < 4.78 is 1.40. The van der Waals surface area contributed by atoms with Crippen LogP contribution in [-0.4, -0.2) is 0 Å². The van der Waals surface area contributed by atoms with E-state index >= 15 is 0 Å². The molecule has 0 saturated heterocycles. The van der Waals surface area contributed by atoms with E-state index in [1.165, 1.54) is 15.6 Å². The molecule has 1 aromatic carbocycles. The van der Waals surface area contributed by atoms with Crippen LogP contribution in [0.15, 0.2) is 23.6 Å². The van der Waals surface area contributed by atoms with Gasteiger partial charge in [-0.15, -0.1) is 11.3 Å². The fraction of sp³-hybridized carbons (Fsp3) is 0.273. The summed E-state index contributed by atoms with van der Waals surface area (Å²) in [5.74, 6) is 0.612. The second-order valence-corrected chi connectivity index (χ2v) is 4.14. The largest absolute Gasteiger partial charge is 0.143 e. The lowest BCUT2D eigenvalue weighted by Crippen LogP contribution is -1.85. The van der Waals surface area contributed by atoms with E-state index in [0.29, 0.717) is 5.92 Å². The van der Waals surface area contributed by atoms with Crippen molar-refractivity contribution in [3.63, 3.8) is 0 Å². The molecule has 0 aliphatic heterocycles. The zero-order chi connectivity index (χ0) is 8.55. The van der Waals surface area contributed by atoms with Crippen molar-refractivity contribution in [3.05, 3.63) is 35.2 Å². The van der Waals surface area contributed by atoms with Gasteiger partial charge in [-0.1, -0.05) is 32.0 Å². The molecule has 0 N–H and O–H groups in total. The minimum absolute atomic E-state index is 0.612. The highest BCUT2D eigenvalue weighted by atomic mass is 32.1. The number of hydrogen-bond donors (Lipinski definition) is 0. The lowest BCUT2D eigenvalue weighted by molar-refractivity contribution is 0.878. The maximum Gasteiger partial charge on any atom is 0.0383 e. The fourth-order valence-corrected chi connectivity index (χ4v) is 2.40. The minimum atomic E-state index is 0.612. The van der Waals surface area contributed by atoms with E-state index in [1.54, 1.807) is 11.3 Å². The maximum atomic E-state index is 3.23. The van der Waals surface area contributed by atoms with Gasteiger partial charge >= 0.3 is 0 Å². The van der Waals surface area contributed by atoms with Crippen molar-refractivity contribution in [1.29, 1.82) is 0 Å². The molecule has 0 bridgehead atoms. The third-order valence-corrected chi connectivity index (χ3v) is 2.99. The second-order valence-electron chi connectivity index (χ2n) is 3.26. The summed E-state index contributed by atoms with van der Waals surface area (Å²) in [6, 6.07) is 9.67. The molecule has 0 aliphatic rings. The maximum absolute atomic E-state index is 3.23. The molecule has 0 saturated carbocycles. The summed E-state index contributed by atoms with van der Waals surface area (Å²) in [6.07, 6.45) is 0. The van der Waals surface area contributed by atoms with Crippen LogP contribution in [0, 0.1) is 6.07 Å². The summed E-state index contributed by atoms with van der Waals surface area (Å²) in [6.45, 7) is 4.46. The molecule has 1 aromatic heterocycles. The summed E-state index contributed by atoms with van der Waals surface area (Å²) in [5.41, 5.74) is 1.44. The summed E-state index contributed by atoms with van der Waals surface area (Å²) >= 11 is 1.79. The van der Waals surface area contributed by atoms with Gasteiger partial charge in [0.1, 0.15) is 0 Å². The lowest BCUT2D eigenvalue weighted by Gasteiger charge is -2.05. The zero-order valence-electron chi connectivity index (χ0n) is 7.29. The number of hydrogen-bond acceptors (Lipinski definition) is 1. The first-order chi connectivity index (χ1) is 5.79. The van der Waals surface area contributed by atoms with E-state index in [1.807, 2.05) is 5.38 Å². The van der Waals surface area contributed by atoms with Gasteiger partial charge < -0.3 is 0 Å². The topological polar surface area (TPSA) is 0 Å². The van der Waals surface area contributed by atoms with Gasteiger partial charge in [0.05, 0.1) is 0 Å². The van der Waals surface area contributed by atoms with E-state index in [9.17, 15) is 0 Å². The smallest absolute Gasteiger partial charge is 0.0383 e. The number of thiophene rings is 1. The Morgan fingerprint density at radius 2 is 2.17 bits per heavy atom. The fourth-order valence-electron chi connectivity index (χ4n) is 1.41. The van der Waals surface area contributed by atoms with Crippen LogP contribution in [0.5, 0.6) is 0 Å². The Labute approximate surface area is 76.8 Å². The van der Waals surface area contributed by atoms with Crippen LogP contribution in [0.1, 0.15) is 25.3 Å². The Balaban J connectivity index is 2.73. The predicted molar refractivity (Wildman–Crippen MR) is 54.8 cm³/mol. The van der Waals surface area contributed by atoms with Gasteiger partial charge in [-0.05, 0) is 16.9 Å². The Bertz CT molecular complexity index is 385. The van der Waals surface area contributed by atoms with Gasteiger partial charge in [0, 0.05) is 16.2 Å². The first kappa shape index (κ1) is 7.81. The molecule has 1 radical (unpaired) electrons. The minimum Gasteiger partial charge on any atom is -0.143 e. The third kappa shape index (κ3) is 1.14. The van der Waals surface area contributed by atoms with Crippen LogP contribution in [0.25, 0.3) is 10.1 Å². The molecule has 0 atom stereocenters. The highest BCUT2D eigenvalue weighted by Gasteiger charge is 2.04. The molecule has 0 aliphatic carbocycles. The van der Waals surface area contributed by atoms with Crippen molar-refractivity contribution in [2.75, 3.05) is 0 Å².